The summed E-state index contributed by atoms with van der Waals surface area (Å²) in [5.41, 5.74) is 3.06. The number of aryl methyl sites for hydroxylation is 1. The van der Waals surface area contributed by atoms with Gasteiger partial charge >= 0.3 is 0 Å². The molecule has 0 amide bonds. The molecule has 0 heterocycles. The normalized spacial score (nSPS) is 14.0. The van der Waals surface area contributed by atoms with Crippen molar-refractivity contribution in [1.29, 1.82) is 0 Å². The molecule has 2 unspecified atom stereocenters. The van der Waals surface area contributed by atoms with Crippen molar-refractivity contribution in [3.8, 4) is 0 Å². The number of halogens is 1. The van der Waals surface area contributed by atoms with E-state index in [1.54, 1.807) is 12.1 Å². The molecule has 3 N–H and O–H groups in total. The Morgan fingerprint density at radius 1 is 1.16 bits per heavy atom. The van der Waals surface area contributed by atoms with Crippen LogP contribution in [0.1, 0.15) is 42.7 Å². The van der Waals surface area contributed by atoms with Crippen LogP contribution in [0.15, 0.2) is 53.5 Å². The van der Waals surface area contributed by atoms with E-state index in [1.165, 1.54) is 23.3 Å². The van der Waals surface area contributed by atoms with E-state index in [-0.39, 0.29) is 18.4 Å². The van der Waals surface area contributed by atoms with Gasteiger partial charge in [0, 0.05) is 6.54 Å². The SMILES string of the molecule is CCNC(=NCC(O)c1ccc(F)cc1)NC(C)c1ccccc1C. The molecule has 0 saturated carbocycles. The Morgan fingerprint density at radius 2 is 1.84 bits per heavy atom. The summed E-state index contributed by atoms with van der Waals surface area (Å²) in [5.74, 6) is 0.320. The van der Waals surface area contributed by atoms with Crippen molar-refractivity contribution in [3.05, 3.63) is 71.0 Å². The summed E-state index contributed by atoms with van der Waals surface area (Å²) in [7, 11) is 0. The van der Waals surface area contributed by atoms with Gasteiger partial charge in [-0.25, -0.2) is 4.39 Å². The van der Waals surface area contributed by atoms with Crippen LogP contribution >= 0.6 is 0 Å². The molecule has 2 atom stereocenters. The summed E-state index contributed by atoms with van der Waals surface area (Å²) in [5, 5.41) is 16.8. The number of benzene rings is 2. The lowest BCUT2D eigenvalue weighted by molar-refractivity contribution is 0.187. The van der Waals surface area contributed by atoms with Crippen LogP contribution in [-0.4, -0.2) is 24.2 Å². The standard InChI is InChI=1S/C20H26FN3O/c1-4-22-20(24-15(3)18-8-6-5-7-14(18)2)23-13-19(25)16-9-11-17(21)12-10-16/h5-12,15,19,25H,4,13H2,1-3H3,(H2,22,23,24). The van der Waals surface area contributed by atoms with Gasteiger partial charge in [0.2, 0.25) is 0 Å². The van der Waals surface area contributed by atoms with Crippen molar-refractivity contribution >= 4 is 5.96 Å². The van der Waals surface area contributed by atoms with Gasteiger partial charge in [0.05, 0.1) is 18.7 Å². The molecule has 0 aliphatic carbocycles. The van der Waals surface area contributed by atoms with Gasteiger partial charge in [-0.2, -0.15) is 0 Å². The Balaban J connectivity index is 2.04. The van der Waals surface area contributed by atoms with E-state index in [0.29, 0.717) is 11.5 Å². The van der Waals surface area contributed by atoms with E-state index in [0.717, 1.165) is 6.54 Å². The second-order valence-electron chi connectivity index (χ2n) is 6.01. The largest absolute Gasteiger partial charge is 0.386 e. The van der Waals surface area contributed by atoms with Gasteiger partial charge in [-0.3, -0.25) is 4.99 Å². The number of nitrogens with zero attached hydrogens (tertiary/aromatic N) is 1. The van der Waals surface area contributed by atoms with Gasteiger partial charge in [-0.05, 0) is 49.6 Å². The first-order chi connectivity index (χ1) is 12.0. The van der Waals surface area contributed by atoms with Crippen LogP contribution in [0.25, 0.3) is 0 Å². The Kier molecular flexibility index (Phi) is 6.95. The first-order valence-electron chi connectivity index (χ1n) is 8.55. The number of hydrogen-bond acceptors (Lipinski definition) is 2. The highest BCUT2D eigenvalue weighted by Crippen LogP contribution is 2.17. The molecule has 2 aromatic rings. The molecule has 0 aromatic heterocycles. The van der Waals surface area contributed by atoms with Gasteiger partial charge in [0.1, 0.15) is 5.82 Å². The quantitative estimate of drug-likeness (QED) is 0.556. The van der Waals surface area contributed by atoms with Crippen LogP contribution in [0.3, 0.4) is 0 Å². The minimum atomic E-state index is -0.773. The highest BCUT2D eigenvalue weighted by atomic mass is 19.1. The van der Waals surface area contributed by atoms with Crippen LogP contribution < -0.4 is 10.6 Å². The summed E-state index contributed by atoms with van der Waals surface area (Å²) in [4.78, 5) is 4.46. The number of nitrogens with one attached hydrogen (secondary N) is 2. The van der Waals surface area contributed by atoms with Gasteiger partial charge in [0.15, 0.2) is 5.96 Å². The monoisotopic (exact) mass is 343 g/mol. The van der Waals surface area contributed by atoms with Crippen molar-refractivity contribution < 1.29 is 9.50 Å². The van der Waals surface area contributed by atoms with E-state index in [9.17, 15) is 9.50 Å². The van der Waals surface area contributed by atoms with Crippen molar-refractivity contribution in [1.82, 2.24) is 10.6 Å². The predicted molar refractivity (Wildman–Crippen MR) is 100 cm³/mol. The number of aliphatic imine (C=N–C) groups is 1. The molecule has 5 heteroatoms. The zero-order valence-corrected chi connectivity index (χ0v) is 15.0. The smallest absolute Gasteiger partial charge is 0.191 e. The number of aliphatic hydroxyl groups excluding tert-OH is 1. The molecular formula is C20H26FN3O. The topological polar surface area (TPSA) is 56.7 Å². The summed E-state index contributed by atoms with van der Waals surface area (Å²) >= 11 is 0. The molecule has 134 valence electrons. The van der Waals surface area contributed by atoms with Gasteiger partial charge < -0.3 is 15.7 Å². The molecule has 0 radical (unpaired) electrons. The Labute approximate surface area is 148 Å². The first kappa shape index (κ1) is 18.9. The Hall–Kier alpha value is -2.40. The van der Waals surface area contributed by atoms with Crippen LogP contribution in [-0.2, 0) is 0 Å². The third kappa shape index (κ3) is 5.57. The molecule has 0 spiro atoms. The van der Waals surface area contributed by atoms with Crippen LogP contribution in [0, 0.1) is 12.7 Å². The molecule has 2 rings (SSSR count). The molecule has 0 bridgehead atoms. The maximum atomic E-state index is 13.0. The van der Waals surface area contributed by atoms with Crippen molar-refractivity contribution in [3.63, 3.8) is 0 Å². The van der Waals surface area contributed by atoms with E-state index in [4.69, 9.17) is 0 Å². The summed E-state index contributed by atoms with van der Waals surface area (Å²) in [6, 6.07) is 14.1. The summed E-state index contributed by atoms with van der Waals surface area (Å²) in [6.07, 6.45) is -0.773. The third-order valence-electron chi connectivity index (χ3n) is 4.03. The van der Waals surface area contributed by atoms with Crippen molar-refractivity contribution in [2.75, 3.05) is 13.1 Å². The highest BCUT2D eigenvalue weighted by Gasteiger charge is 2.11. The Morgan fingerprint density at radius 3 is 2.48 bits per heavy atom. The lowest BCUT2D eigenvalue weighted by Crippen LogP contribution is -2.39. The molecule has 0 aliphatic heterocycles. The van der Waals surface area contributed by atoms with Crippen molar-refractivity contribution in [2.45, 2.75) is 32.9 Å². The molecule has 0 fully saturated rings. The number of guanidine groups is 1. The predicted octanol–water partition coefficient (Wildman–Crippen LogP) is 3.48. The van der Waals surface area contributed by atoms with E-state index < -0.39 is 6.10 Å². The molecule has 0 saturated heterocycles. The molecule has 0 aliphatic rings. The van der Waals surface area contributed by atoms with Crippen LogP contribution in [0.5, 0.6) is 0 Å². The van der Waals surface area contributed by atoms with E-state index in [2.05, 4.69) is 41.6 Å². The molecule has 2 aromatic carbocycles. The lowest BCUT2D eigenvalue weighted by Gasteiger charge is -2.20. The van der Waals surface area contributed by atoms with Crippen LogP contribution in [0.4, 0.5) is 4.39 Å². The minimum Gasteiger partial charge on any atom is -0.386 e. The number of hydrogen-bond donors (Lipinski definition) is 3. The van der Waals surface area contributed by atoms with Gasteiger partial charge in [-0.1, -0.05) is 36.4 Å². The second kappa shape index (κ2) is 9.18. The number of rotatable bonds is 6. The zero-order valence-electron chi connectivity index (χ0n) is 15.0. The maximum Gasteiger partial charge on any atom is 0.191 e. The summed E-state index contributed by atoms with van der Waals surface area (Å²) in [6.45, 7) is 7.06. The van der Waals surface area contributed by atoms with Crippen molar-refractivity contribution in [2.24, 2.45) is 4.99 Å². The fraction of sp³-hybridized carbons (Fsp3) is 0.350. The molecular weight excluding hydrogens is 317 g/mol. The average Bonchev–Trinajstić information content (AvgIpc) is 2.60. The summed E-state index contributed by atoms with van der Waals surface area (Å²) < 4.78 is 13.0. The molecule has 25 heavy (non-hydrogen) atoms. The van der Waals surface area contributed by atoms with E-state index in [1.807, 2.05) is 19.1 Å². The lowest BCUT2D eigenvalue weighted by atomic mass is 10.0. The fourth-order valence-electron chi connectivity index (χ4n) is 2.64. The van der Waals surface area contributed by atoms with Crippen LogP contribution in [0.2, 0.25) is 0 Å². The number of aliphatic hydroxyl groups is 1. The highest BCUT2D eigenvalue weighted by molar-refractivity contribution is 5.80. The average molecular weight is 343 g/mol. The fourth-order valence-corrected chi connectivity index (χ4v) is 2.64. The second-order valence-corrected chi connectivity index (χ2v) is 6.01. The third-order valence-corrected chi connectivity index (χ3v) is 4.03. The van der Waals surface area contributed by atoms with E-state index >= 15 is 0 Å². The maximum absolute atomic E-state index is 13.0. The van der Waals surface area contributed by atoms with Gasteiger partial charge in [-0.15, -0.1) is 0 Å². The van der Waals surface area contributed by atoms with Gasteiger partial charge in [0.25, 0.3) is 0 Å². The molecule has 4 nitrogen and oxygen atoms in total. The zero-order chi connectivity index (χ0) is 18.2. The Bertz CT molecular complexity index is 700. The minimum absolute atomic E-state index is 0.0852. The first-order valence-corrected chi connectivity index (χ1v) is 8.55.